The third-order valence-electron chi connectivity index (χ3n) is 4.58. The van der Waals surface area contributed by atoms with Gasteiger partial charge in [-0.1, -0.05) is 6.92 Å². The number of aromatic hydroxyl groups is 1. The van der Waals surface area contributed by atoms with Gasteiger partial charge in [-0.05, 0) is 31.0 Å². The lowest BCUT2D eigenvalue weighted by molar-refractivity contribution is 0.0691. The zero-order chi connectivity index (χ0) is 19.0. The monoisotopic (exact) mass is 364 g/mol. The molecule has 1 aliphatic heterocycles. The molecule has 0 bridgehead atoms. The van der Waals surface area contributed by atoms with E-state index in [0.29, 0.717) is 18.7 Å². The number of hydrogen-bond donors (Lipinski definition) is 3. The molecule has 1 aromatic heterocycles. The first kappa shape index (κ1) is 17.9. The number of halogens is 2. The molecule has 1 aromatic carbocycles. The summed E-state index contributed by atoms with van der Waals surface area (Å²) in [6, 6.07) is 4.28. The van der Waals surface area contributed by atoms with Crippen LogP contribution in [0.15, 0.2) is 23.0 Å². The minimum Gasteiger partial charge on any atom is -0.506 e. The number of aromatic carboxylic acids is 1. The van der Waals surface area contributed by atoms with Crippen molar-refractivity contribution >= 4 is 11.7 Å². The first-order chi connectivity index (χ1) is 12.3. The molecule has 3 N–H and O–H groups in total. The van der Waals surface area contributed by atoms with E-state index in [1.165, 1.54) is 12.1 Å². The number of aromatic amines is 1. The molecule has 0 radical (unpaired) electrons. The number of alkyl halides is 1. The Hall–Kier alpha value is -2.90. The molecular formula is C18H18F2N2O4. The van der Waals surface area contributed by atoms with E-state index >= 15 is 0 Å². The van der Waals surface area contributed by atoms with Gasteiger partial charge >= 0.3 is 5.97 Å². The molecule has 1 aliphatic rings. The van der Waals surface area contributed by atoms with Crippen LogP contribution in [0.4, 0.5) is 14.5 Å². The van der Waals surface area contributed by atoms with Crippen molar-refractivity contribution in [2.45, 2.75) is 25.9 Å². The van der Waals surface area contributed by atoms with Gasteiger partial charge in [0.15, 0.2) is 5.56 Å². The van der Waals surface area contributed by atoms with Gasteiger partial charge in [0.25, 0.3) is 5.56 Å². The number of H-pyrrole nitrogens is 1. The van der Waals surface area contributed by atoms with Gasteiger partial charge < -0.3 is 20.1 Å². The number of benzene rings is 1. The standard InChI is InChI=1S/C18H18F2N2O4/c1-2-11-15(21-17(24)14(16(11)23)18(25)26)12-4-3-10(7-13(12)20)22-6-5-9(19)8-22/h3-4,7,9H,2,5-6,8H2,1H3,(H,25,26)(H2,21,23,24)/t9-/m1/s1. The van der Waals surface area contributed by atoms with Crippen LogP contribution in [0.25, 0.3) is 11.3 Å². The summed E-state index contributed by atoms with van der Waals surface area (Å²) in [5.74, 6) is -2.88. The Bertz CT molecular complexity index is 926. The number of rotatable bonds is 4. The van der Waals surface area contributed by atoms with Gasteiger partial charge in [0.1, 0.15) is 17.7 Å². The molecule has 0 aliphatic carbocycles. The van der Waals surface area contributed by atoms with Crippen molar-refractivity contribution in [3.8, 4) is 17.0 Å². The fourth-order valence-corrected chi connectivity index (χ4v) is 3.26. The van der Waals surface area contributed by atoms with Crippen LogP contribution in [-0.2, 0) is 6.42 Å². The van der Waals surface area contributed by atoms with Crippen molar-refractivity contribution in [3.63, 3.8) is 0 Å². The topological polar surface area (TPSA) is 93.6 Å². The maximum atomic E-state index is 14.7. The number of hydrogen-bond acceptors (Lipinski definition) is 4. The summed E-state index contributed by atoms with van der Waals surface area (Å²) in [7, 11) is 0. The number of pyridine rings is 1. The van der Waals surface area contributed by atoms with Crippen LogP contribution in [-0.4, -0.2) is 40.4 Å². The summed E-state index contributed by atoms with van der Waals surface area (Å²) in [6.45, 7) is 2.34. The van der Waals surface area contributed by atoms with Gasteiger partial charge in [0.2, 0.25) is 0 Å². The Morgan fingerprint density at radius 1 is 1.42 bits per heavy atom. The van der Waals surface area contributed by atoms with Crippen LogP contribution < -0.4 is 10.5 Å². The highest BCUT2D eigenvalue weighted by Gasteiger charge is 2.25. The molecule has 3 rings (SSSR count). The van der Waals surface area contributed by atoms with Crippen molar-refractivity contribution in [3.05, 3.63) is 45.5 Å². The molecule has 2 heterocycles. The first-order valence-corrected chi connectivity index (χ1v) is 8.23. The molecule has 1 saturated heterocycles. The predicted molar refractivity (Wildman–Crippen MR) is 92.2 cm³/mol. The molecule has 0 spiro atoms. The third kappa shape index (κ3) is 3.02. The zero-order valence-electron chi connectivity index (χ0n) is 14.1. The average Bonchev–Trinajstić information content (AvgIpc) is 3.00. The summed E-state index contributed by atoms with van der Waals surface area (Å²) in [4.78, 5) is 27.2. The molecule has 1 fully saturated rings. The molecule has 6 nitrogen and oxygen atoms in total. The molecule has 26 heavy (non-hydrogen) atoms. The number of nitrogens with zero attached hydrogens (tertiary/aromatic N) is 1. The molecule has 8 heteroatoms. The van der Waals surface area contributed by atoms with E-state index in [-0.39, 0.29) is 29.8 Å². The largest absolute Gasteiger partial charge is 0.506 e. The molecule has 0 amide bonds. The van der Waals surface area contributed by atoms with Crippen LogP contribution in [0.1, 0.15) is 29.3 Å². The van der Waals surface area contributed by atoms with E-state index in [0.717, 1.165) is 0 Å². The molecule has 0 unspecified atom stereocenters. The van der Waals surface area contributed by atoms with E-state index in [9.17, 15) is 23.5 Å². The highest BCUT2D eigenvalue weighted by molar-refractivity contribution is 5.92. The summed E-state index contributed by atoms with van der Waals surface area (Å²) < 4.78 is 28.0. The summed E-state index contributed by atoms with van der Waals surface area (Å²) in [5, 5.41) is 19.2. The van der Waals surface area contributed by atoms with Crippen molar-refractivity contribution in [2.24, 2.45) is 0 Å². The lowest BCUT2D eigenvalue weighted by Crippen LogP contribution is -2.21. The van der Waals surface area contributed by atoms with E-state index in [1.54, 1.807) is 17.9 Å². The van der Waals surface area contributed by atoms with Crippen LogP contribution in [0.3, 0.4) is 0 Å². The van der Waals surface area contributed by atoms with Crippen LogP contribution in [0.2, 0.25) is 0 Å². The fraction of sp³-hybridized carbons (Fsp3) is 0.333. The van der Waals surface area contributed by atoms with Gasteiger partial charge in [-0.25, -0.2) is 13.6 Å². The Morgan fingerprint density at radius 3 is 2.69 bits per heavy atom. The minimum absolute atomic E-state index is 0.0333. The number of aromatic nitrogens is 1. The highest BCUT2D eigenvalue weighted by atomic mass is 19.1. The highest BCUT2D eigenvalue weighted by Crippen LogP contribution is 2.33. The SMILES string of the molecule is CCc1c(-c2ccc(N3CC[C@@H](F)C3)cc2F)[nH]c(=O)c(C(=O)O)c1O. The smallest absolute Gasteiger partial charge is 0.345 e. The van der Waals surface area contributed by atoms with Gasteiger partial charge in [0, 0.05) is 29.9 Å². The van der Waals surface area contributed by atoms with Crippen molar-refractivity contribution in [1.82, 2.24) is 4.98 Å². The van der Waals surface area contributed by atoms with Crippen molar-refractivity contribution in [1.29, 1.82) is 0 Å². The van der Waals surface area contributed by atoms with Crippen molar-refractivity contribution < 1.29 is 23.8 Å². The van der Waals surface area contributed by atoms with Gasteiger partial charge in [-0.3, -0.25) is 4.79 Å². The van der Waals surface area contributed by atoms with Gasteiger partial charge in [0.05, 0.1) is 5.69 Å². The van der Waals surface area contributed by atoms with E-state index in [1.807, 2.05) is 0 Å². The Balaban J connectivity index is 2.09. The van der Waals surface area contributed by atoms with E-state index in [2.05, 4.69) is 4.98 Å². The minimum atomic E-state index is -1.56. The molecular weight excluding hydrogens is 346 g/mol. The van der Waals surface area contributed by atoms with Gasteiger partial charge in [-0.2, -0.15) is 0 Å². The van der Waals surface area contributed by atoms with Gasteiger partial charge in [-0.15, -0.1) is 0 Å². The number of carbonyl (C=O) groups is 1. The van der Waals surface area contributed by atoms with Crippen molar-refractivity contribution in [2.75, 3.05) is 18.0 Å². The Morgan fingerprint density at radius 2 is 2.15 bits per heavy atom. The number of carboxylic acids is 1. The predicted octanol–water partition coefficient (Wildman–Crippen LogP) is 2.70. The average molecular weight is 364 g/mol. The number of anilines is 1. The maximum Gasteiger partial charge on any atom is 0.345 e. The number of nitrogens with one attached hydrogen (secondary N) is 1. The molecule has 2 aromatic rings. The second-order valence-electron chi connectivity index (χ2n) is 6.19. The van der Waals surface area contributed by atoms with E-state index < -0.39 is 34.8 Å². The third-order valence-corrected chi connectivity index (χ3v) is 4.58. The van der Waals surface area contributed by atoms with Crippen LogP contribution >= 0.6 is 0 Å². The lowest BCUT2D eigenvalue weighted by Gasteiger charge is -2.19. The molecule has 1 atom stereocenters. The fourth-order valence-electron chi connectivity index (χ4n) is 3.26. The summed E-state index contributed by atoms with van der Waals surface area (Å²) in [6.07, 6.45) is -0.364. The first-order valence-electron chi connectivity index (χ1n) is 8.23. The quantitative estimate of drug-likeness (QED) is 0.776. The van der Waals surface area contributed by atoms with Crippen LogP contribution in [0, 0.1) is 5.82 Å². The zero-order valence-corrected chi connectivity index (χ0v) is 14.1. The second-order valence-corrected chi connectivity index (χ2v) is 6.19. The molecule has 138 valence electrons. The summed E-state index contributed by atoms with van der Waals surface area (Å²) in [5.41, 5.74) is -1.05. The summed E-state index contributed by atoms with van der Waals surface area (Å²) >= 11 is 0. The normalized spacial score (nSPS) is 16.9. The Labute approximate surface area is 147 Å². The van der Waals surface area contributed by atoms with E-state index in [4.69, 9.17) is 5.11 Å². The van der Waals surface area contributed by atoms with Crippen LogP contribution in [0.5, 0.6) is 5.75 Å². The Kier molecular flexibility index (Phi) is 4.67. The number of carboxylic acid groups (broad SMARTS) is 1. The maximum absolute atomic E-state index is 14.7. The lowest BCUT2D eigenvalue weighted by atomic mass is 10.00. The second kappa shape index (κ2) is 6.78. The molecule has 0 saturated carbocycles.